The predicted molar refractivity (Wildman–Crippen MR) is 95.5 cm³/mol. The van der Waals surface area contributed by atoms with Crippen molar-refractivity contribution in [3.8, 4) is 5.75 Å². The van der Waals surface area contributed by atoms with Gasteiger partial charge in [-0.25, -0.2) is 0 Å². The lowest BCUT2D eigenvalue weighted by Crippen LogP contribution is -2.25. The molecule has 21 heavy (non-hydrogen) atoms. The largest absolute Gasteiger partial charge is 0.497 e. The smallest absolute Gasteiger partial charge is 0.119 e. The summed E-state index contributed by atoms with van der Waals surface area (Å²) in [5.41, 5.74) is 4.79. The van der Waals surface area contributed by atoms with Gasteiger partial charge < -0.3 is 4.74 Å². The van der Waals surface area contributed by atoms with Crippen molar-refractivity contribution in [1.82, 2.24) is 0 Å². The topological polar surface area (TPSA) is 9.23 Å². The molecule has 1 fully saturated rings. The average molecular weight is 321 g/mol. The van der Waals surface area contributed by atoms with Gasteiger partial charge in [0.15, 0.2) is 0 Å². The zero-order valence-electron chi connectivity index (χ0n) is 13.0. The minimum Gasteiger partial charge on any atom is -0.497 e. The first kappa shape index (κ1) is 15.4. The molecular weight excluding hydrogens is 296 g/mol. The summed E-state index contributed by atoms with van der Waals surface area (Å²) in [4.78, 5) is 0. The summed E-state index contributed by atoms with van der Waals surface area (Å²) in [5, 5.41) is 0. The van der Waals surface area contributed by atoms with Crippen molar-refractivity contribution in [2.45, 2.75) is 43.1 Å². The molecular formula is C18H24OS2. The SMILES string of the molecule is COc1cccc(CCC2=C(C)CCCC23SCCS3)c1. The van der Waals surface area contributed by atoms with Gasteiger partial charge in [0.2, 0.25) is 0 Å². The molecule has 0 unspecified atom stereocenters. The quantitative estimate of drug-likeness (QED) is 0.696. The first-order valence-corrected chi connectivity index (χ1v) is 9.80. The van der Waals surface area contributed by atoms with Crippen molar-refractivity contribution >= 4 is 23.5 Å². The van der Waals surface area contributed by atoms with Crippen LogP contribution < -0.4 is 4.74 Å². The summed E-state index contributed by atoms with van der Waals surface area (Å²) in [7, 11) is 1.74. The van der Waals surface area contributed by atoms with Gasteiger partial charge in [-0.3, -0.25) is 0 Å². The number of aryl methyl sites for hydroxylation is 1. The van der Waals surface area contributed by atoms with Crippen molar-refractivity contribution in [1.29, 1.82) is 0 Å². The lowest BCUT2D eigenvalue weighted by molar-refractivity contribution is 0.414. The van der Waals surface area contributed by atoms with Gasteiger partial charge in [0, 0.05) is 11.5 Å². The fourth-order valence-corrected chi connectivity index (χ4v) is 7.13. The molecule has 1 aliphatic carbocycles. The zero-order valence-corrected chi connectivity index (χ0v) is 14.6. The number of thioether (sulfide) groups is 2. The van der Waals surface area contributed by atoms with Crippen LogP contribution in [0.25, 0.3) is 0 Å². The molecule has 0 saturated carbocycles. The number of ether oxygens (including phenoxy) is 1. The molecule has 3 heteroatoms. The zero-order chi connectivity index (χ0) is 14.7. The van der Waals surface area contributed by atoms with Crippen molar-refractivity contribution in [2.75, 3.05) is 18.6 Å². The molecule has 3 rings (SSSR count). The monoisotopic (exact) mass is 320 g/mol. The summed E-state index contributed by atoms with van der Waals surface area (Å²) in [6.45, 7) is 2.36. The summed E-state index contributed by atoms with van der Waals surface area (Å²) in [5.74, 6) is 3.61. The molecule has 0 radical (unpaired) electrons. The summed E-state index contributed by atoms with van der Waals surface area (Å²) in [6.07, 6.45) is 6.38. The Morgan fingerprint density at radius 3 is 2.76 bits per heavy atom. The second kappa shape index (κ2) is 6.70. The van der Waals surface area contributed by atoms with Crippen LogP contribution in [0.2, 0.25) is 0 Å². The van der Waals surface area contributed by atoms with Crippen LogP contribution in [0.15, 0.2) is 35.4 Å². The number of rotatable bonds is 4. The second-order valence-corrected chi connectivity index (χ2v) is 8.96. The number of allylic oxidation sites excluding steroid dienone is 1. The Morgan fingerprint density at radius 2 is 2.00 bits per heavy atom. The summed E-state index contributed by atoms with van der Waals surface area (Å²) < 4.78 is 5.76. The maximum atomic E-state index is 5.34. The van der Waals surface area contributed by atoms with Crippen LogP contribution >= 0.6 is 23.5 Å². The van der Waals surface area contributed by atoms with E-state index in [1.54, 1.807) is 18.3 Å². The minimum atomic E-state index is 0.418. The van der Waals surface area contributed by atoms with Crippen molar-refractivity contribution in [3.63, 3.8) is 0 Å². The number of hydrogen-bond acceptors (Lipinski definition) is 3. The van der Waals surface area contributed by atoms with Gasteiger partial charge in [0.25, 0.3) is 0 Å². The first-order chi connectivity index (χ1) is 10.2. The van der Waals surface area contributed by atoms with E-state index in [1.807, 2.05) is 6.07 Å². The molecule has 1 heterocycles. The van der Waals surface area contributed by atoms with Crippen molar-refractivity contribution in [2.24, 2.45) is 0 Å². The van der Waals surface area contributed by atoms with Crippen LogP contribution in [-0.4, -0.2) is 22.7 Å². The van der Waals surface area contributed by atoms with E-state index in [1.165, 1.54) is 42.8 Å². The van der Waals surface area contributed by atoms with E-state index in [2.05, 4.69) is 48.6 Å². The highest BCUT2D eigenvalue weighted by Gasteiger charge is 2.41. The predicted octanol–water partition coefficient (Wildman–Crippen LogP) is 5.30. The van der Waals surface area contributed by atoms with Crippen LogP contribution in [0.4, 0.5) is 0 Å². The second-order valence-electron chi connectivity index (χ2n) is 5.91. The van der Waals surface area contributed by atoms with Gasteiger partial charge >= 0.3 is 0 Å². The van der Waals surface area contributed by atoms with Crippen LogP contribution in [0, 0.1) is 0 Å². The fourth-order valence-electron chi connectivity index (χ4n) is 3.49. The lowest BCUT2D eigenvalue weighted by atomic mass is 9.88. The Hall–Kier alpha value is -0.540. The van der Waals surface area contributed by atoms with E-state index in [4.69, 9.17) is 4.74 Å². The van der Waals surface area contributed by atoms with E-state index in [0.717, 1.165) is 12.2 Å². The van der Waals surface area contributed by atoms with Crippen LogP contribution in [0.3, 0.4) is 0 Å². The van der Waals surface area contributed by atoms with Gasteiger partial charge in [-0.2, -0.15) is 0 Å². The normalized spacial score (nSPS) is 21.0. The van der Waals surface area contributed by atoms with E-state index in [9.17, 15) is 0 Å². The highest BCUT2D eigenvalue weighted by molar-refractivity contribution is 8.21. The van der Waals surface area contributed by atoms with Crippen LogP contribution in [-0.2, 0) is 6.42 Å². The van der Waals surface area contributed by atoms with Crippen molar-refractivity contribution < 1.29 is 4.74 Å². The Kier molecular flexibility index (Phi) is 4.90. The maximum Gasteiger partial charge on any atom is 0.119 e. The number of methoxy groups -OCH3 is 1. The minimum absolute atomic E-state index is 0.418. The molecule has 1 nitrogen and oxygen atoms in total. The molecule has 114 valence electrons. The number of hydrogen-bond donors (Lipinski definition) is 0. The molecule has 1 aromatic rings. The Bertz CT molecular complexity index is 530. The molecule has 1 spiro atoms. The maximum absolute atomic E-state index is 5.34. The van der Waals surface area contributed by atoms with Gasteiger partial charge in [-0.15, -0.1) is 23.5 Å². The molecule has 0 N–H and O–H groups in total. The van der Waals surface area contributed by atoms with E-state index >= 15 is 0 Å². The lowest BCUT2D eigenvalue weighted by Gasteiger charge is -2.36. The van der Waals surface area contributed by atoms with Crippen LogP contribution in [0.1, 0.15) is 38.2 Å². The molecule has 2 aliphatic rings. The molecule has 0 amide bonds. The molecule has 1 aromatic carbocycles. The molecule has 1 aliphatic heterocycles. The molecule has 1 saturated heterocycles. The molecule has 0 bridgehead atoms. The standard InChI is InChI=1S/C18H24OS2/c1-14-5-4-10-18(20-11-12-21-18)17(14)9-8-15-6-3-7-16(13-15)19-2/h3,6-7,13H,4-5,8-12H2,1-2H3. The average Bonchev–Trinajstić information content (AvgIpc) is 2.96. The molecule has 0 atom stereocenters. The first-order valence-electron chi connectivity index (χ1n) is 7.83. The third-order valence-electron chi connectivity index (χ3n) is 4.58. The van der Waals surface area contributed by atoms with E-state index in [0.29, 0.717) is 4.08 Å². The van der Waals surface area contributed by atoms with Crippen LogP contribution in [0.5, 0.6) is 5.75 Å². The van der Waals surface area contributed by atoms with E-state index in [-0.39, 0.29) is 0 Å². The highest BCUT2D eigenvalue weighted by atomic mass is 32.2. The van der Waals surface area contributed by atoms with Gasteiger partial charge in [-0.05, 0) is 62.3 Å². The summed E-state index contributed by atoms with van der Waals surface area (Å²) >= 11 is 4.40. The highest BCUT2D eigenvalue weighted by Crippen LogP contribution is 2.56. The van der Waals surface area contributed by atoms with Gasteiger partial charge in [-0.1, -0.05) is 17.7 Å². The van der Waals surface area contributed by atoms with E-state index < -0.39 is 0 Å². The summed E-state index contributed by atoms with van der Waals surface area (Å²) in [6, 6.07) is 8.53. The Labute approximate surface area is 136 Å². The molecule has 0 aromatic heterocycles. The Morgan fingerprint density at radius 1 is 1.19 bits per heavy atom. The fraction of sp³-hybridized carbons (Fsp3) is 0.556. The third kappa shape index (κ3) is 3.29. The Balaban J connectivity index is 1.75. The van der Waals surface area contributed by atoms with Gasteiger partial charge in [0.1, 0.15) is 5.75 Å². The number of benzene rings is 1. The van der Waals surface area contributed by atoms with Gasteiger partial charge in [0.05, 0.1) is 11.2 Å². The van der Waals surface area contributed by atoms with Crippen molar-refractivity contribution in [3.05, 3.63) is 41.0 Å². The third-order valence-corrected chi connectivity index (χ3v) is 8.20.